The molecule has 0 aromatic rings. The lowest BCUT2D eigenvalue weighted by molar-refractivity contribution is 0.223. The molecule has 0 aromatic heterocycles. The van der Waals surface area contributed by atoms with Gasteiger partial charge in [0, 0.05) is 0 Å². The van der Waals surface area contributed by atoms with Gasteiger partial charge < -0.3 is 37.0 Å². The molecule has 48 heavy (non-hydrogen) atoms. The summed E-state index contributed by atoms with van der Waals surface area (Å²) in [5, 5.41) is 0. The molecule has 1 fully saturated rings. The fraction of sp³-hybridized carbons (Fsp3) is 1.00. The van der Waals surface area contributed by atoms with Crippen molar-refractivity contribution < 1.29 is 37.0 Å². The summed E-state index contributed by atoms with van der Waals surface area (Å²) in [5.41, 5.74) is 0. The molecule has 0 spiro atoms. The molecule has 0 unspecified atom stereocenters. The van der Waals surface area contributed by atoms with Gasteiger partial charge in [-0.15, -0.1) is 0 Å². The van der Waals surface area contributed by atoms with Gasteiger partial charge in [-0.2, -0.15) is 0 Å². The fourth-order valence-corrected chi connectivity index (χ4v) is 67.7. The lowest BCUT2D eigenvalue weighted by atomic mass is 10.9. The Bertz CT molecular complexity index is 883. The Balaban J connectivity index is 3.29. The molecule has 0 aliphatic carbocycles. The lowest BCUT2D eigenvalue weighted by Gasteiger charge is -2.52. The minimum Gasteiger partial charge on any atom is -0.440 e. The Labute approximate surface area is 312 Å². The average Bonchev–Trinajstić information content (AvgIpc) is 2.75. The average molecular weight is 884 g/mol. The Hall–Kier alpha value is 2.24. The quantitative estimate of drug-likeness (QED) is 0.105. The molecular weight excluding hydrogens is 805 g/mol. The van der Waals surface area contributed by atoms with E-state index in [1.807, 2.05) is 0 Å². The van der Waals surface area contributed by atoms with Crippen molar-refractivity contribution in [2.75, 3.05) is 0 Å². The summed E-state index contributed by atoms with van der Waals surface area (Å²) in [6, 6.07) is 5.80. The van der Waals surface area contributed by atoms with Crippen LogP contribution in [0, 0.1) is 0 Å². The van der Waals surface area contributed by atoms with E-state index in [0.29, 0.717) is 0 Å². The molecule has 1 aliphatic heterocycles. The largest absolute Gasteiger partial charge is 0.440 e. The van der Waals surface area contributed by atoms with E-state index >= 15 is 0 Å². The summed E-state index contributed by atoms with van der Waals surface area (Å²) < 4.78 is 61.5. The molecule has 1 heterocycles. The van der Waals surface area contributed by atoms with Gasteiger partial charge in [0.1, 0.15) is 0 Å². The van der Waals surface area contributed by atoms with Crippen molar-refractivity contribution in [3.63, 3.8) is 0 Å². The van der Waals surface area contributed by atoms with Crippen LogP contribution in [-0.4, -0.2) is 103 Å². The van der Waals surface area contributed by atoms with Crippen molar-refractivity contribution in [3.8, 4) is 0 Å². The second-order valence-electron chi connectivity index (χ2n) is 18.5. The summed E-state index contributed by atoms with van der Waals surface area (Å²) >= 11 is 0. The van der Waals surface area contributed by atoms with E-state index in [-0.39, 0.29) is 0 Å². The van der Waals surface area contributed by atoms with Gasteiger partial charge in [-0.25, -0.2) is 0 Å². The number of hydrogen-bond acceptors (Lipinski definition) is 9. The Morgan fingerprint density at radius 2 is 0.583 bits per heavy atom. The Morgan fingerprint density at radius 1 is 0.396 bits per heavy atom. The predicted molar refractivity (Wildman–Crippen MR) is 235 cm³/mol. The van der Waals surface area contributed by atoms with Crippen LogP contribution in [0.5, 0.6) is 0 Å². The third kappa shape index (κ3) is 19.5. The second-order valence-corrected chi connectivity index (χ2v) is 61.3. The smallest absolute Gasteiger partial charge is 0.317 e. The van der Waals surface area contributed by atoms with Crippen LogP contribution >= 0.6 is 0 Å². The van der Waals surface area contributed by atoms with Crippen LogP contribution in [0.3, 0.4) is 0 Å². The van der Waals surface area contributed by atoms with Crippen LogP contribution in [0.1, 0.15) is 0 Å². The van der Waals surface area contributed by atoms with Crippen molar-refractivity contribution in [2.24, 2.45) is 0 Å². The monoisotopic (exact) mass is 882 g/mol. The van der Waals surface area contributed by atoms with E-state index in [2.05, 4.69) is 137 Å². The van der Waals surface area contributed by atoms with Crippen LogP contribution in [0.4, 0.5) is 0 Å². The van der Waals surface area contributed by atoms with Crippen molar-refractivity contribution in [1.82, 2.24) is 0 Å². The van der Waals surface area contributed by atoms with Gasteiger partial charge in [0.15, 0.2) is 52.1 Å². The van der Waals surface area contributed by atoms with Crippen LogP contribution in [0.15, 0.2) is 0 Å². The highest BCUT2D eigenvalue weighted by Gasteiger charge is 2.58. The first kappa shape index (κ1) is 48.3. The normalized spacial score (nSPS) is 25.5. The van der Waals surface area contributed by atoms with E-state index in [1.165, 1.54) is 0 Å². The first-order valence-electron chi connectivity index (χ1n) is 18.4. The Morgan fingerprint density at radius 3 is 0.750 bits per heavy atom. The molecule has 288 valence electrons. The number of rotatable bonds is 21. The highest BCUT2D eigenvalue weighted by molar-refractivity contribution is 6.96. The van der Waals surface area contributed by atoms with Gasteiger partial charge in [0.05, 0.1) is 0 Å². The van der Waals surface area contributed by atoms with Crippen molar-refractivity contribution in [3.05, 3.63) is 0 Å². The molecule has 1 aliphatic rings. The van der Waals surface area contributed by atoms with Crippen molar-refractivity contribution >= 4 is 103 Å². The highest BCUT2D eigenvalue weighted by Crippen LogP contribution is 2.41. The summed E-state index contributed by atoms with van der Waals surface area (Å²) in [6.07, 6.45) is 0. The van der Waals surface area contributed by atoms with Gasteiger partial charge >= 0.3 is 51.4 Å². The van der Waals surface area contributed by atoms with Crippen LogP contribution in [-0.2, 0) is 37.0 Å². The van der Waals surface area contributed by atoms with Crippen molar-refractivity contribution in [1.29, 1.82) is 0 Å². The molecular formula is C27H78O9Si12. The van der Waals surface area contributed by atoms with E-state index in [4.69, 9.17) is 37.0 Å². The van der Waals surface area contributed by atoms with E-state index in [1.54, 1.807) is 0 Å². The topological polar surface area (TPSA) is 83.1 Å². The summed E-state index contributed by atoms with van der Waals surface area (Å²) in [7, 11) is -23.9. The Kier molecular flexibility index (Phi) is 17.9. The zero-order chi connectivity index (χ0) is 37.8. The fourth-order valence-electron chi connectivity index (χ4n) is 7.25. The van der Waals surface area contributed by atoms with Gasteiger partial charge in [-0.3, -0.25) is 0 Å². The molecule has 0 radical (unpaired) electrons. The lowest BCUT2D eigenvalue weighted by Crippen LogP contribution is -2.68. The van der Waals surface area contributed by atoms with E-state index in [0.717, 1.165) is 36.3 Å². The molecule has 0 N–H and O–H groups in total. The van der Waals surface area contributed by atoms with Gasteiger partial charge in [0.25, 0.3) is 0 Å². The molecule has 0 aromatic carbocycles. The predicted octanol–water partition coefficient (Wildman–Crippen LogP) is 9.04. The highest BCUT2D eigenvalue weighted by atomic mass is 28.5. The molecule has 0 atom stereocenters. The maximum atomic E-state index is 7.24. The SMILES string of the molecule is C[SiH](C)O[Si](C)(C)O[Si](C)(C)CC[Si]1(C)O[Si](C)(CC[Si](C)(C)O[Si](C)(C)O[SiH](C)C)O[Si](C)(CC[Si](C)(C)O[Si](C)(C)O[SiH](C)C)O1. The first-order valence-corrected chi connectivity index (χ1v) is 52.1. The molecule has 0 saturated carbocycles. The summed E-state index contributed by atoms with van der Waals surface area (Å²) in [5.74, 6) is 0. The molecule has 9 nitrogen and oxygen atoms in total. The maximum absolute atomic E-state index is 7.24. The van der Waals surface area contributed by atoms with Gasteiger partial charge in [-0.1, -0.05) is 0 Å². The molecule has 0 amide bonds. The van der Waals surface area contributed by atoms with E-state index < -0.39 is 103 Å². The molecule has 0 bridgehead atoms. The van der Waals surface area contributed by atoms with E-state index in [9.17, 15) is 0 Å². The molecule has 1 rings (SSSR count). The molecule has 21 heteroatoms. The third-order valence-electron chi connectivity index (χ3n) is 7.96. The third-order valence-corrected chi connectivity index (χ3v) is 52.7. The number of hydrogen-bond donors (Lipinski definition) is 0. The van der Waals surface area contributed by atoms with Crippen LogP contribution < -0.4 is 0 Å². The van der Waals surface area contributed by atoms with Crippen LogP contribution in [0.25, 0.3) is 0 Å². The van der Waals surface area contributed by atoms with Gasteiger partial charge in [0.2, 0.25) is 0 Å². The summed E-state index contributed by atoms with van der Waals surface area (Å²) in [4.78, 5) is 0. The second kappa shape index (κ2) is 17.8. The minimum atomic E-state index is -2.59. The first-order chi connectivity index (χ1) is 21.1. The summed E-state index contributed by atoms with van der Waals surface area (Å²) in [6.45, 7) is 47.6. The standard InChI is InChI=1S/C27H78O9Si12/c1-37(2)28-43(13,14)31-40(7,8)22-25-46(19)34-47(20,26-23-41(9,10)32-44(15,16)29-38(3)4)36-48(21,35-46)27-24-42(11,12)33-45(17,18)30-39(5)6/h37-39H,22-27H2,1-21H3. The zero-order valence-electron chi connectivity index (χ0n) is 35.1. The zero-order valence-corrected chi connectivity index (χ0v) is 47.6. The van der Waals surface area contributed by atoms with Crippen LogP contribution in [0.2, 0.25) is 174 Å². The van der Waals surface area contributed by atoms with Gasteiger partial charge in [-0.05, 0) is 174 Å². The minimum absolute atomic E-state index is 0.929. The molecule has 1 saturated heterocycles. The van der Waals surface area contributed by atoms with Crippen molar-refractivity contribution in [2.45, 2.75) is 174 Å². The maximum Gasteiger partial charge on any atom is 0.317 e.